The Kier molecular flexibility index (Phi) is 16.3. The van der Waals surface area contributed by atoms with Gasteiger partial charge in [0, 0.05) is 54.0 Å². The zero-order chi connectivity index (χ0) is 41.5. The molecule has 302 valence electrons. The number of nitrogens with one attached hydrogen (secondary N) is 7. The van der Waals surface area contributed by atoms with Crippen molar-refractivity contribution in [2.75, 3.05) is 5.75 Å². The molecule has 0 aliphatic carbocycles. The van der Waals surface area contributed by atoms with Gasteiger partial charge in [0.15, 0.2) is 0 Å². The van der Waals surface area contributed by atoms with Crippen LogP contribution in [0, 0.1) is 0 Å². The molecule has 56 heavy (non-hydrogen) atoms. The maximum Gasteiger partial charge on any atom is 0.326 e. The van der Waals surface area contributed by atoms with E-state index >= 15 is 0 Å². The number of carboxylic acid groups (broad SMARTS) is 4. The van der Waals surface area contributed by atoms with Crippen LogP contribution in [-0.4, -0.2) is 131 Å². The number of aromatic nitrogens is 3. The van der Waals surface area contributed by atoms with Crippen LogP contribution in [0.25, 0.3) is 10.9 Å². The highest BCUT2D eigenvalue weighted by molar-refractivity contribution is 7.80. The van der Waals surface area contributed by atoms with Gasteiger partial charge in [0.2, 0.25) is 29.5 Å². The highest BCUT2D eigenvalue weighted by atomic mass is 32.1. The number of hydrogen-bond acceptors (Lipinski definition) is 12. The summed E-state index contributed by atoms with van der Waals surface area (Å²) in [5.74, 6) is -11.6. The Morgan fingerprint density at radius 3 is 1.79 bits per heavy atom. The van der Waals surface area contributed by atoms with E-state index in [1.165, 1.54) is 12.5 Å². The summed E-state index contributed by atoms with van der Waals surface area (Å²) in [5, 5.41) is 49.1. The molecule has 3 aromatic rings. The number of rotatable bonds is 23. The average molecular weight is 804 g/mol. The van der Waals surface area contributed by atoms with Crippen LogP contribution < -0.4 is 32.3 Å². The number of nitrogens with zero attached hydrogens (tertiary/aromatic N) is 1. The first kappa shape index (κ1) is 43.9. The molecule has 6 unspecified atom stereocenters. The van der Waals surface area contributed by atoms with Crippen LogP contribution in [0.5, 0.6) is 0 Å². The van der Waals surface area contributed by atoms with E-state index < -0.39 is 109 Å². The van der Waals surface area contributed by atoms with Gasteiger partial charge in [0.05, 0.1) is 25.2 Å². The van der Waals surface area contributed by atoms with Crippen molar-refractivity contribution in [1.82, 2.24) is 41.5 Å². The number of aromatic amines is 2. The summed E-state index contributed by atoms with van der Waals surface area (Å²) in [5.41, 5.74) is 7.20. The second kappa shape index (κ2) is 20.8. The number of H-pyrrole nitrogens is 2. The third-order valence-electron chi connectivity index (χ3n) is 8.17. The van der Waals surface area contributed by atoms with Crippen LogP contribution in [0.1, 0.15) is 36.9 Å². The number of aliphatic carboxylic acids is 4. The highest BCUT2D eigenvalue weighted by Crippen LogP contribution is 2.19. The van der Waals surface area contributed by atoms with E-state index in [2.05, 4.69) is 48.8 Å². The molecule has 1 aromatic carbocycles. The van der Waals surface area contributed by atoms with Gasteiger partial charge in [-0.1, -0.05) is 18.2 Å². The number of para-hydroxylation sites is 1. The Balaban J connectivity index is 1.89. The number of hydrogen-bond donors (Lipinski definition) is 13. The number of amides is 5. The maximum absolute atomic E-state index is 13.9. The molecule has 5 amide bonds. The monoisotopic (exact) mass is 803 g/mol. The summed E-state index contributed by atoms with van der Waals surface area (Å²) in [6.45, 7) is 0. The van der Waals surface area contributed by atoms with Crippen molar-refractivity contribution in [3.05, 3.63) is 54.2 Å². The molecule has 0 saturated carbocycles. The fourth-order valence-electron chi connectivity index (χ4n) is 5.29. The summed E-state index contributed by atoms with van der Waals surface area (Å²) in [6, 6.07) is -2.74. The summed E-state index contributed by atoms with van der Waals surface area (Å²) in [6.07, 6.45) is 0.763. The average Bonchev–Trinajstić information content (AvgIpc) is 3.81. The van der Waals surface area contributed by atoms with E-state index in [0.717, 1.165) is 0 Å². The molecule has 2 heterocycles. The van der Waals surface area contributed by atoms with Crippen molar-refractivity contribution in [1.29, 1.82) is 0 Å². The van der Waals surface area contributed by atoms with Crippen molar-refractivity contribution in [3.8, 4) is 0 Å². The van der Waals surface area contributed by atoms with Crippen LogP contribution in [-0.2, 0) is 56.0 Å². The standard InChI is InChI=1S/C33H41N9O13S/c34-18(5-6-25(43)44)28(49)42-24(13-56)32(53)38-20(7-15-11-36-19-4-2-1-3-17(15)19)29(50)40-22(9-26(45)46)31(52)39-21(8-16-12-35-14-37-16)30(51)41-23(33(54)55)10-27(47)48/h1-4,11-12,14,18,20-24,36,56H,5-10,13,34H2,(H,35,37)(H,38,53)(H,39,52)(H,40,50)(H,41,51)(H,42,49)(H,43,44)(H,45,46)(H,47,48)(H,54,55). The Labute approximate surface area is 322 Å². The molecular weight excluding hydrogens is 762 g/mol. The maximum atomic E-state index is 13.9. The van der Waals surface area contributed by atoms with Gasteiger partial charge in [-0.3, -0.25) is 38.4 Å². The van der Waals surface area contributed by atoms with Crippen molar-refractivity contribution in [2.45, 2.75) is 74.8 Å². The zero-order valence-electron chi connectivity index (χ0n) is 29.4. The molecule has 0 radical (unpaired) electrons. The quantitative estimate of drug-likeness (QED) is 0.0433. The van der Waals surface area contributed by atoms with Gasteiger partial charge in [0.1, 0.15) is 30.2 Å². The Morgan fingerprint density at radius 1 is 0.679 bits per heavy atom. The molecule has 23 heteroatoms. The number of carbonyl (C=O) groups excluding carboxylic acids is 5. The van der Waals surface area contributed by atoms with Crippen LogP contribution in [0.2, 0.25) is 0 Å². The number of carboxylic acids is 4. The second-order valence-electron chi connectivity index (χ2n) is 12.4. The first-order valence-electron chi connectivity index (χ1n) is 16.8. The third-order valence-corrected chi connectivity index (χ3v) is 8.54. The third kappa shape index (κ3) is 13.4. The summed E-state index contributed by atoms with van der Waals surface area (Å²) in [4.78, 5) is 122. The Hall–Kier alpha value is -6.49. The van der Waals surface area contributed by atoms with Gasteiger partial charge < -0.3 is 62.7 Å². The molecule has 6 atom stereocenters. The number of carbonyl (C=O) groups is 9. The molecule has 2 aromatic heterocycles. The molecule has 0 spiro atoms. The largest absolute Gasteiger partial charge is 0.481 e. The second-order valence-corrected chi connectivity index (χ2v) is 12.8. The number of fused-ring (bicyclic) bond motifs is 1. The number of benzene rings is 1. The predicted octanol–water partition coefficient (Wildman–Crippen LogP) is -2.74. The topological polar surface area (TPSA) is 365 Å². The van der Waals surface area contributed by atoms with Crippen LogP contribution in [0.3, 0.4) is 0 Å². The van der Waals surface area contributed by atoms with Crippen molar-refractivity contribution in [3.63, 3.8) is 0 Å². The molecule has 22 nitrogen and oxygen atoms in total. The lowest BCUT2D eigenvalue weighted by molar-refractivity contribution is -0.147. The zero-order valence-corrected chi connectivity index (χ0v) is 30.3. The number of imidazole rings is 1. The van der Waals surface area contributed by atoms with E-state index in [1.807, 2.05) is 5.32 Å². The van der Waals surface area contributed by atoms with Gasteiger partial charge in [0.25, 0.3) is 0 Å². The Bertz CT molecular complexity index is 1920. The summed E-state index contributed by atoms with van der Waals surface area (Å²) < 4.78 is 0. The van der Waals surface area contributed by atoms with E-state index in [4.69, 9.17) is 15.9 Å². The Morgan fingerprint density at radius 2 is 1.21 bits per heavy atom. The van der Waals surface area contributed by atoms with E-state index in [9.17, 15) is 53.4 Å². The molecule has 0 aliphatic rings. The smallest absolute Gasteiger partial charge is 0.326 e. The van der Waals surface area contributed by atoms with E-state index in [1.54, 1.807) is 30.5 Å². The van der Waals surface area contributed by atoms with Crippen LogP contribution in [0.15, 0.2) is 43.0 Å². The van der Waals surface area contributed by atoms with Crippen molar-refractivity contribution < 1.29 is 63.6 Å². The molecule has 13 N–H and O–H groups in total. The minimum absolute atomic E-state index is 0.237. The fraction of sp³-hybridized carbons (Fsp3) is 0.394. The van der Waals surface area contributed by atoms with E-state index in [-0.39, 0.29) is 30.7 Å². The minimum Gasteiger partial charge on any atom is -0.481 e. The minimum atomic E-state index is -1.91. The van der Waals surface area contributed by atoms with Gasteiger partial charge in [-0.2, -0.15) is 12.6 Å². The van der Waals surface area contributed by atoms with Gasteiger partial charge in [-0.15, -0.1) is 0 Å². The predicted molar refractivity (Wildman–Crippen MR) is 195 cm³/mol. The lowest BCUT2D eigenvalue weighted by atomic mass is 10.0. The SMILES string of the molecule is NC(CCC(=O)O)C(=O)NC(CS)C(=O)NC(Cc1c[nH]c2ccccc12)C(=O)NC(CC(=O)O)C(=O)NC(Cc1cnc[nH]1)C(=O)NC(CC(=O)O)C(=O)O. The van der Waals surface area contributed by atoms with Crippen LogP contribution >= 0.6 is 12.6 Å². The lowest BCUT2D eigenvalue weighted by Gasteiger charge is -2.26. The van der Waals surface area contributed by atoms with E-state index in [0.29, 0.717) is 16.5 Å². The fourth-order valence-corrected chi connectivity index (χ4v) is 5.54. The molecule has 3 rings (SSSR count). The summed E-state index contributed by atoms with van der Waals surface area (Å²) in [7, 11) is 0. The summed E-state index contributed by atoms with van der Waals surface area (Å²) >= 11 is 4.11. The van der Waals surface area contributed by atoms with Gasteiger partial charge in [-0.25, -0.2) is 9.78 Å². The number of nitrogens with two attached hydrogens (primary N) is 1. The molecular formula is C33H41N9O13S. The number of thiol groups is 1. The molecule has 0 aliphatic heterocycles. The van der Waals surface area contributed by atoms with Gasteiger partial charge in [-0.05, 0) is 18.1 Å². The van der Waals surface area contributed by atoms with Gasteiger partial charge >= 0.3 is 23.9 Å². The van der Waals surface area contributed by atoms with Crippen molar-refractivity contribution in [2.24, 2.45) is 5.73 Å². The normalized spacial score (nSPS) is 14.2. The first-order valence-corrected chi connectivity index (χ1v) is 17.4. The molecule has 0 saturated heterocycles. The molecule has 0 fully saturated rings. The lowest BCUT2D eigenvalue weighted by Crippen LogP contribution is -2.60. The highest BCUT2D eigenvalue weighted by Gasteiger charge is 2.34. The van der Waals surface area contributed by atoms with Crippen LogP contribution in [0.4, 0.5) is 0 Å². The first-order chi connectivity index (χ1) is 26.5. The van der Waals surface area contributed by atoms with Crippen molar-refractivity contribution >= 4 is 76.9 Å². The molecule has 0 bridgehead atoms.